The maximum Gasteiger partial charge on any atom is 0.488 e. The molecular formula is C4H12NO4P. The second-order valence-electron chi connectivity index (χ2n) is 1.60. The zero-order chi connectivity index (χ0) is 8.04. The third-order valence-electron chi connectivity index (χ3n) is 0.665. The lowest BCUT2D eigenvalue weighted by atomic mass is 10.5. The molecule has 1 unspecified atom stereocenters. The summed E-state index contributed by atoms with van der Waals surface area (Å²) in [6.07, 6.45) is 0.678. The van der Waals surface area contributed by atoms with Gasteiger partial charge in [-0.3, -0.25) is 4.52 Å². The Hall–Kier alpha value is 0.0700. The summed E-state index contributed by atoms with van der Waals surface area (Å²) in [7, 11) is -2.43. The minimum Gasteiger partial charge on any atom is -0.301 e. The van der Waals surface area contributed by atoms with Gasteiger partial charge in [0.25, 0.3) is 0 Å². The van der Waals surface area contributed by atoms with E-state index in [0.29, 0.717) is 6.42 Å². The van der Waals surface area contributed by atoms with Gasteiger partial charge < -0.3 is 4.89 Å². The van der Waals surface area contributed by atoms with Gasteiger partial charge in [0.1, 0.15) is 0 Å². The molecule has 1 atom stereocenters. The normalized spacial score (nSPS) is 16.7. The second kappa shape index (κ2) is 4.82. The number of phosphoric ester groups is 1. The highest BCUT2D eigenvalue weighted by molar-refractivity contribution is 7.47. The van der Waals surface area contributed by atoms with Crippen molar-refractivity contribution in [1.82, 2.24) is 5.48 Å². The molecule has 0 fully saturated rings. The first-order chi connectivity index (χ1) is 4.62. The average molecular weight is 169 g/mol. The lowest BCUT2D eigenvalue weighted by Gasteiger charge is -2.08. The van der Waals surface area contributed by atoms with Crippen molar-refractivity contribution in [1.29, 1.82) is 0 Å². The second-order valence-corrected chi connectivity index (χ2v) is 2.98. The molecular weight excluding hydrogens is 157 g/mol. The van der Waals surface area contributed by atoms with Crippen molar-refractivity contribution in [2.75, 3.05) is 13.7 Å². The van der Waals surface area contributed by atoms with Crippen LogP contribution in [0.15, 0.2) is 0 Å². The Labute approximate surface area is 59.9 Å². The van der Waals surface area contributed by atoms with Crippen molar-refractivity contribution >= 4 is 7.82 Å². The summed E-state index contributed by atoms with van der Waals surface area (Å²) in [6, 6.07) is 0. The molecule has 6 heteroatoms. The molecule has 0 aliphatic carbocycles. The Kier molecular flexibility index (Phi) is 4.85. The molecule has 0 spiro atoms. The monoisotopic (exact) mass is 169 g/mol. The van der Waals surface area contributed by atoms with Crippen LogP contribution in [0.5, 0.6) is 0 Å². The largest absolute Gasteiger partial charge is 0.488 e. The molecule has 0 radical (unpaired) electrons. The molecule has 0 heterocycles. The van der Waals surface area contributed by atoms with E-state index in [2.05, 4.69) is 14.6 Å². The molecule has 0 bridgehead atoms. The zero-order valence-electron chi connectivity index (χ0n) is 6.03. The number of hydroxylamine groups is 1. The van der Waals surface area contributed by atoms with Crippen LogP contribution in [0.25, 0.3) is 0 Å². The van der Waals surface area contributed by atoms with Crippen LogP contribution in [0.2, 0.25) is 0 Å². The average Bonchev–Trinajstić information content (AvgIpc) is 1.84. The summed E-state index contributed by atoms with van der Waals surface area (Å²) in [5, 5.41) is 0. The van der Waals surface area contributed by atoms with Crippen LogP contribution in [0.1, 0.15) is 13.3 Å². The Bertz CT molecular complexity index is 128. The lowest BCUT2D eigenvalue weighted by molar-refractivity contribution is 0.109. The van der Waals surface area contributed by atoms with Crippen LogP contribution in [0.4, 0.5) is 0 Å². The van der Waals surface area contributed by atoms with Crippen LogP contribution in [0, 0.1) is 0 Å². The van der Waals surface area contributed by atoms with Crippen molar-refractivity contribution in [3.05, 3.63) is 0 Å². The molecule has 0 aromatic carbocycles. The van der Waals surface area contributed by atoms with E-state index in [4.69, 9.17) is 4.89 Å². The molecule has 0 saturated heterocycles. The van der Waals surface area contributed by atoms with Crippen molar-refractivity contribution in [2.45, 2.75) is 13.3 Å². The summed E-state index contributed by atoms with van der Waals surface area (Å²) in [5.41, 5.74) is 2.08. The summed E-state index contributed by atoms with van der Waals surface area (Å²) >= 11 is 0. The highest BCUT2D eigenvalue weighted by Gasteiger charge is 2.19. The first kappa shape index (κ1) is 10.1. The van der Waals surface area contributed by atoms with Gasteiger partial charge in [-0.25, -0.2) is 4.57 Å². The molecule has 0 amide bonds. The molecule has 10 heavy (non-hydrogen) atoms. The number of hydrogen-bond acceptors (Lipinski definition) is 4. The summed E-state index contributed by atoms with van der Waals surface area (Å²) in [4.78, 5) is 8.69. The van der Waals surface area contributed by atoms with E-state index in [1.807, 2.05) is 6.92 Å². The van der Waals surface area contributed by atoms with E-state index >= 15 is 0 Å². The van der Waals surface area contributed by atoms with E-state index in [0.717, 1.165) is 0 Å². The van der Waals surface area contributed by atoms with Gasteiger partial charge in [-0.2, -0.15) is 10.1 Å². The van der Waals surface area contributed by atoms with Crippen LogP contribution < -0.4 is 5.48 Å². The van der Waals surface area contributed by atoms with E-state index in [1.165, 1.54) is 7.05 Å². The van der Waals surface area contributed by atoms with Crippen LogP contribution in [-0.2, 0) is 13.7 Å². The van der Waals surface area contributed by atoms with Gasteiger partial charge >= 0.3 is 7.82 Å². The fraction of sp³-hybridized carbons (Fsp3) is 1.00. The summed E-state index contributed by atoms with van der Waals surface area (Å²) in [6.45, 7) is 2.05. The zero-order valence-corrected chi connectivity index (χ0v) is 6.93. The number of phosphoric acid groups is 1. The predicted molar refractivity (Wildman–Crippen MR) is 36.2 cm³/mol. The molecule has 0 rings (SSSR count). The van der Waals surface area contributed by atoms with Crippen molar-refractivity contribution in [3.8, 4) is 0 Å². The SMILES string of the molecule is CCCOP(=O)(O)ONC. The van der Waals surface area contributed by atoms with E-state index in [-0.39, 0.29) is 6.61 Å². The minimum atomic E-state index is -3.82. The van der Waals surface area contributed by atoms with E-state index in [1.54, 1.807) is 0 Å². The quantitative estimate of drug-likeness (QED) is 0.467. The Balaban J connectivity index is 3.53. The van der Waals surface area contributed by atoms with Crippen molar-refractivity contribution in [2.24, 2.45) is 0 Å². The van der Waals surface area contributed by atoms with E-state index in [9.17, 15) is 4.57 Å². The van der Waals surface area contributed by atoms with Crippen LogP contribution in [0.3, 0.4) is 0 Å². The third-order valence-corrected chi connectivity index (χ3v) is 1.59. The Morgan fingerprint density at radius 3 is 2.70 bits per heavy atom. The maximum atomic E-state index is 10.6. The topological polar surface area (TPSA) is 67.8 Å². The third kappa shape index (κ3) is 4.90. The number of nitrogens with one attached hydrogen (secondary N) is 1. The fourth-order valence-corrected chi connectivity index (χ4v) is 1.05. The van der Waals surface area contributed by atoms with Gasteiger partial charge in [-0.1, -0.05) is 6.92 Å². The van der Waals surface area contributed by atoms with Gasteiger partial charge in [0.05, 0.1) is 6.61 Å². The summed E-state index contributed by atoms with van der Waals surface area (Å²) in [5.74, 6) is 0. The first-order valence-electron chi connectivity index (χ1n) is 2.95. The van der Waals surface area contributed by atoms with Crippen molar-refractivity contribution in [3.63, 3.8) is 0 Å². The highest BCUT2D eigenvalue weighted by atomic mass is 31.2. The maximum absolute atomic E-state index is 10.6. The van der Waals surface area contributed by atoms with Gasteiger partial charge in [-0.05, 0) is 6.42 Å². The Morgan fingerprint density at radius 1 is 1.70 bits per heavy atom. The van der Waals surface area contributed by atoms with Gasteiger partial charge in [-0.15, -0.1) is 0 Å². The molecule has 5 nitrogen and oxygen atoms in total. The molecule has 62 valence electrons. The van der Waals surface area contributed by atoms with Crippen molar-refractivity contribution < 1.29 is 18.6 Å². The Morgan fingerprint density at radius 2 is 2.30 bits per heavy atom. The standard InChI is InChI=1S/C4H12NO4P/c1-3-4-8-10(6,7)9-5-2/h5H,3-4H2,1-2H3,(H,6,7). The van der Waals surface area contributed by atoms with Crippen LogP contribution >= 0.6 is 7.82 Å². The lowest BCUT2D eigenvalue weighted by Crippen LogP contribution is -2.06. The molecule has 0 aliphatic heterocycles. The molecule has 0 saturated carbocycles. The van der Waals surface area contributed by atoms with Crippen LogP contribution in [-0.4, -0.2) is 18.5 Å². The molecule has 2 N–H and O–H groups in total. The first-order valence-corrected chi connectivity index (χ1v) is 4.44. The highest BCUT2D eigenvalue weighted by Crippen LogP contribution is 2.41. The molecule has 0 aromatic rings. The predicted octanol–water partition coefficient (Wildman–Crippen LogP) is 0.664. The number of rotatable bonds is 5. The molecule has 0 aliphatic rings. The van der Waals surface area contributed by atoms with Gasteiger partial charge in [0.2, 0.25) is 0 Å². The van der Waals surface area contributed by atoms with E-state index < -0.39 is 7.82 Å². The smallest absolute Gasteiger partial charge is 0.301 e. The summed E-state index contributed by atoms with van der Waals surface area (Å²) < 4.78 is 19.2. The fourth-order valence-electron chi connectivity index (χ4n) is 0.348. The number of hydrogen-bond donors (Lipinski definition) is 2. The van der Waals surface area contributed by atoms with Gasteiger partial charge in [0, 0.05) is 7.05 Å². The van der Waals surface area contributed by atoms with Gasteiger partial charge in [0.15, 0.2) is 0 Å². The minimum absolute atomic E-state index is 0.218. The molecule has 0 aromatic heterocycles.